The van der Waals surface area contributed by atoms with Crippen molar-refractivity contribution in [1.29, 1.82) is 0 Å². The smallest absolute Gasteiger partial charge is 0.241 e. The van der Waals surface area contributed by atoms with Crippen molar-refractivity contribution in [1.82, 2.24) is 4.72 Å². The normalized spacial score (nSPS) is 14.9. The third kappa shape index (κ3) is 6.10. The predicted molar refractivity (Wildman–Crippen MR) is 149 cm³/mol. The number of aliphatic hydroxyl groups is 1. The Kier molecular flexibility index (Phi) is 8.55. The third-order valence-corrected chi connectivity index (χ3v) is 13.3. The molecule has 2 N–H and O–H groups in total. The van der Waals surface area contributed by atoms with Gasteiger partial charge in [0, 0.05) is 5.02 Å². The van der Waals surface area contributed by atoms with E-state index in [4.69, 9.17) is 16.0 Å². The fraction of sp³-hybridized carbons (Fsp3) is 0.357. The molecule has 0 aromatic heterocycles. The summed E-state index contributed by atoms with van der Waals surface area (Å²) in [6.45, 7) is 12.4. The maximum atomic E-state index is 13.6. The molecule has 0 fully saturated rings. The first kappa shape index (κ1) is 28.6. The zero-order valence-corrected chi connectivity index (χ0v) is 24.3. The van der Waals surface area contributed by atoms with Gasteiger partial charge in [-0.05, 0) is 60.4 Å². The molecule has 5 nitrogen and oxygen atoms in total. The van der Waals surface area contributed by atoms with Crippen molar-refractivity contribution in [2.24, 2.45) is 0 Å². The average Bonchev–Trinajstić information content (AvgIpc) is 2.82. The lowest BCUT2D eigenvalue weighted by atomic mass is 9.78. The molecule has 0 spiro atoms. The van der Waals surface area contributed by atoms with Gasteiger partial charge in [0.1, 0.15) is 5.60 Å². The van der Waals surface area contributed by atoms with Gasteiger partial charge in [0.05, 0.1) is 17.0 Å². The van der Waals surface area contributed by atoms with Gasteiger partial charge in [-0.25, -0.2) is 13.1 Å². The second kappa shape index (κ2) is 10.8. The van der Waals surface area contributed by atoms with E-state index >= 15 is 0 Å². The quantitative estimate of drug-likeness (QED) is 0.308. The van der Waals surface area contributed by atoms with Crippen LogP contribution in [-0.2, 0) is 20.1 Å². The first-order valence-electron chi connectivity index (χ1n) is 12.0. The lowest BCUT2D eigenvalue weighted by molar-refractivity contribution is -0.00269. The van der Waals surface area contributed by atoms with Crippen LogP contribution in [0.1, 0.15) is 38.8 Å². The predicted octanol–water partition coefficient (Wildman–Crippen LogP) is 6.33. The maximum absolute atomic E-state index is 13.6. The highest BCUT2D eigenvalue weighted by atomic mass is 35.5. The Morgan fingerprint density at radius 1 is 0.861 bits per heavy atom. The summed E-state index contributed by atoms with van der Waals surface area (Å²) in [6.07, 6.45) is -0.668. The molecular weight excluding hydrogens is 510 g/mol. The second-order valence-electron chi connectivity index (χ2n) is 10.6. The van der Waals surface area contributed by atoms with Crippen molar-refractivity contribution in [3.05, 3.63) is 101 Å². The molecule has 3 aromatic rings. The molecule has 0 aliphatic rings. The van der Waals surface area contributed by atoms with E-state index in [-0.39, 0.29) is 9.93 Å². The zero-order valence-electron chi connectivity index (χ0n) is 21.7. The van der Waals surface area contributed by atoms with Gasteiger partial charge in [-0.2, -0.15) is 0 Å². The van der Waals surface area contributed by atoms with E-state index in [1.165, 1.54) is 24.3 Å². The fourth-order valence-electron chi connectivity index (χ4n) is 3.99. The molecule has 0 radical (unpaired) electrons. The van der Waals surface area contributed by atoms with Crippen LogP contribution in [0, 0.1) is 0 Å². The van der Waals surface area contributed by atoms with Crippen LogP contribution < -0.4 is 4.72 Å². The number of benzene rings is 3. The van der Waals surface area contributed by atoms with Crippen LogP contribution in [0.2, 0.25) is 23.2 Å². The molecule has 0 saturated heterocycles. The summed E-state index contributed by atoms with van der Waals surface area (Å²) in [7, 11) is -6.38. The molecule has 2 unspecified atom stereocenters. The standard InChI is InChI=1S/C28H36ClNO4SSi/c1-21(34-36(5,6)27(2,3)4)26(30-35(32,33)25-19-17-24(29)18-20-25)28(31,22-13-9-7-10-14-22)23-15-11-8-12-16-23/h7-21,26,30-31H,1-6H3. The minimum Gasteiger partial charge on any atom is -0.412 e. The topological polar surface area (TPSA) is 75.6 Å². The van der Waals surface area contributed by atoms with Crippen LogP contribution in [0.4, 0.5) is 0 Å². The second-order valence-corrected chi connectivity index (χ2v) is 17.5. The van der Waals surface area contributed by atoms with E-state index < -0.39 is 36.1 Å². The highest BCUT2D eigenvalue weighted by Crippen LogP contribution is 2.41. The summed E-state index contributed by atoms with van der Waals surface area (Å²) in [6, 6.07) is 23.1. The van der Waals surface area contributed by atoms with Crippen LogP contribution in [0.25, 0.3) is 0 Å². The molecule has 194 valence electrons. The molecule has 8 heteroatoms. The zero-order chi connectivity index (χ0) is 26.8. The highest BCUT2D eigenvalue weighted by molar-refractivity contribution is 7.89. The van der Waals surface area contributed by atoms with Crippen molar-refractivity contribution in [3.8, 4) is 0 Å². The third-order valence-electron chi connectivity index (χ3n) is 7.04. The van der Waals surface area contributed by atoms with Crippen molar-refractivity contribution in [2.75, 3.05) is 0 Å². The van der Waals surface area contributed by atoms with Crippen LogP contribution >= 0.6 is 11.6 Å². The van der Waals surface area contributed by atoms with Crippen LogP contribution in [0.3, 0.4) is 0 Å². The fourth-order valence-corrected chi connectivity index (χ4v) is 6.86. The van der Waals surface area contributed by atoms with Crippen LogP contribution in [0.15, 0.2) is 89.8 Å². The molecule has 3 aromatic carbocycles. The molecule has 3 rings (SSSR count). The SMILES string of the molecule is CC(O[Si](C)(C)C(C)(C)C)C(NS(=O)(=O)c1ccc(Cl)cc1)C(O)(c1ccccc1)c1ccccc1. The van der Waals surface area contributed by atoms with Gasteiger partial charge in [-0.3, -0.25) is 0 Å². The van der Waals surface area contributed by atoms with Gasteiger partial charge in [0.15, 0.2) is 8.32 Å². The van der Waals surface area contributed by atoms with E-state index in [1.807, 2.05) is 43.3 Å². The molecular formula is C28H36ClNO4SSi. The molecule has 0 aliphatic heterocycles. The average molecular weight is 546 g/mol. The first-order chi connectivity index (χ1) is 16.7. The number of nitrogens with one attached hydrogen (secondary N) is 1. The number of hydrogen-bond donors (Lipinski definition) is 2. The largest absolute Gasteiger partial charge is 0.412 e. The van der Waals surface area contributed by atoms with Gasteiger partial charge in [-0.1, -0.05) is 93.0 Å². The summed E-state index contributed by atoms with van der Waals surface area (Å²) >= 11 is 6.00. The Morgan fingerprint density at radius 3 is 1.72 bits per heavy atom. The van der Waals surface area contributed by atoms with E-state index in [9.17, 15) is 13.5 Å². The van der Waals surface area contributed by atoms with Gasteiger partial charge in [0.2, 0.25) is 10.0 Å². The Morgan fingerprint density at radius 2 is 1.31 bits per heavy atom. The first-order valence-corrected chi connectivity index (χ1v) is 16.7. The lowest BCUT2D eigenvalue weighted by Gasteiger charge is -2.45. The Hall–Kier alpha value is -2.00. The van der Waals surface area contributed by atoms with Gasteiger partial charge in [-0.15, -0.1) is 0 Å². The summed E-state index contributed by atoms with van der Waals surface area (Å²) in [5.74, 6) is 0. The Labute approximate surface area is 221 Å². The number of rotatable bonds is 9. The molecule has 36 heavy (non-hydrogen) atoms. The Bertz CT molecular complexity index is 1200. The molecule has 2 atom stereocenters. The van der Waals surface area contributed by atoms with Gasteiger partial charge < -0.3 is 9.53 Å². The Balaban J connectivity index is 2.20. The lowest BCUT2D eigenvalue weighted by Crippen LogP contribution is -2.59. The van der Waals surface area contributed by atoms with Crippen molar-refractivity contribution < 1.29 is 18.0 Å². The van der Waals surface area contributed by atoms with Crippen molar-refractivity contribution in [3.63, 3.8) is 0 Å². The van der Waals surface area contributed by atoms with E-state index in [0.717, 1.165) is 0 Å². The van der Waals surface area contributed by atoms with E-state index in [0.29, 0.717) is 16.1 Å². The monoisotopic (exact) mass is 545 g/mol. The maximum Gasteiger partial charge on any atom is 0.241 e. The van der Waals surface area contributed by atoms with Crippen LogP contribution in [0.5, 0.6) is 0 Å². The minimum absolute atomic E-state index is 0.0555. The molecule has 0 amide bonds. The molecule has 0 heterocycles. The summed E-state index contributed by atoms with van der Waals surface area (Å²) in [4.78, 5) is 0.0555. The highest BCUT2D eigenvalue weighted by Gasteiger charge is 2.48. The van der Waals surface area contributed by atoms with Crippen molar-refractivity contribution >= 4 is 29.9 Å². The van der Waals surface area contributed by atoms with Gasteiger partial charge in [0.25, 0.3) is 0 Å². The molecule has 0 aliphatic carbocycles. The molecule has 0 saturated carbocycles. The minimum atomic E-state index is -4.04. The number of hydrogen-bond acceptors (Lipinski definition) is 4. The summed E-state index contributed by atoms with van der Waals surface area (Å²) in [5, 5.41) is 12.8. The van der Waals surface area contributed by atoms with Gasteiger partial charge >= 0.3 is 0 Å². The van der Waals surface area contributed by atoms with Crippen molar-refractivity contribution in [2.45, 2.75) is 68.5 Å². The summed E-state index contributed by atoms with van der Waals surface area (Å²) < 4.78 is 36.7. The number of sulfonamides is 1. The van der Waals surface area contributed by atoms with Crippen LogP contribution in [-0.4, -0.2) is 34.0 Å². The molecule has 0 bridgehead atoms. The number of halogens is 1. The van der Waals surface area contributed by atoms with E-state index in [1.54, 1.807) is 24.3 Å². The summed E-state index contributed by atoms with van der Waals surface area (Å²) in [5.41, 5.74) is -0.597. The van der Waals surface area contributed by atoms with E-state index in [2.05, 4.69) is 38.6 Å².